The minimum Gasteiger partial charge on any atom is -0.0654 e. The lowest BCUT2D eigenvalue weighted by Gasteiger charge is -2.28. The molecule has 0 aliphatic carbocycles. The van der Waals surface area contributed by atoms with E-state index < -0.39 is 0 Å². The van der Waals surface area contributed by atoms with Crippen molar-refractivity contribution in [1.82, 2.24) is 0 Å². The van der Waals surface area contributed by atoms with Crippen LogP contribution in [-0.4, -0.2) is 0 Å². The van der Waals surface area contributed by atoms with Crippen molar-refractivity contribution in [3.05, 3.63) is 0 Å². The van der Waals surface area contributed by atoms with Crippen LogP contribution in [0, 0.1) is 11.3 Å². The molecule has 0 rings (SSSR count). The molecule has 0 heteroatoms. The molecule has 0 heterocycles. The van der Waals surface area contributed by atoms with Crippen LogP contribution >= 0.6 is 0 Å². The molecule has 0 aliphatic rings. The van der Waals surface area contributed by atoms with Crippen molar-refractivity contribution in [2.75, 3.05) is 0 Å². The molecule has 0 N–H and O–H groups in total. The van der Waals surface area contributed by atoms with Crippen molar-refractivity contribution in [3.63, 3.8) is 0 Å². The van der Waals surface area contributed by atoms with Gasteiger partial charge in [-0.1, -0.05) is 92.4 Å². The standard InChI is InChI=1S/C17H36/c1-6-9-10-11-12-13-14-16(7-2)15-17(4,5)8-3/h16H,6-15H2,1-5H3. The van der Waals surface area contributed by atoms with Gasteiger partial charge in [0.2, 0.25) is 0 Å². The predicted molar refractivity (Wildman–Crippen MR) is 80.5 cm³/mol. The molecule has 0 bridgehead atoms. The topological polar surface area (TPSA) is 0 Å². The first kappa shape index (κ1) is 17.0. The largest absolute Gasteiger partial charge is 0.0654 e. The van der Waals surface area contributed by atoms with Crippen LogP contribution in [0.25, 0.3) is 0 Å². The molecule has 0 aromatic rings. The summed E-state index contributed by atoms with van der Waals surface area (Å²) in [6, 6.07) is 0. The molecule has 0 nitrogen and oxygen atoms in total. The molecule has 1 unspecified atom stereocenters. The molecule has 0 aromatic heterocycles. The second-order valence-electron chi connectivity index (χ2n) is 6.55. The van der Waals surface area contributed by atoms with Crippen molar-refractivity contribution in [2.45, 2.75) is 98.8 Å². The first-order chi connectivity index (χ1) is 8.05. The summed E-state index contributed by atoms with van der Waals surface area (Å²) in [4.78, 5) is 0. The van der Waals surface area contributed by atoms with E-state index in [1.807, 2.05) is 0 Å². The van der Waals surface area contributed by atoms with E-state index >= 15 is 0 Å². The van der Waals surface area contributed by atoms with E-state index in [0.29, 0.717) is 5.41 Å². The first-order valence-electron chi connectivity index (χ1n) is 8.05. The van der Waals surface area contributed by atoms with Gasteiger partial charge in [-0.15, -0.1) is 0 Å². The van der Waals surface area contributed by atoms with Crippen LogP contribution in [0.3, 0.4) is 0 Å². The van der Waals surface area contributed by atoms with Crippen molar-refractivity contribution in [3.8, 4) is 0 Å². The molecule has 0 radical (unpaired) electrons. The molecular formula is C17H36. The van der Waals surface area contributed by atoms with Crippen molar-refractivity contribution < 1.29 is 0 Å². The van der Waals surface area contributed by atoms with Crippen LogP contribution < -0.4 is 0 Å². The van der Waals surface area contributed by atoms with Crippen molar-refractivity contribution in [2.24, 2.45) is 11.3 Å². The average Bonchev–Trinajstić information content (AvgIpc) is 2.32. The van der Waals surface area contributed by atoms with Gasteiger partial charge < -0.3 is 0 Å². The Kier molecular flexibility index (Phi) is 9.97. The Balaban J connectivity index is 3.61. The van der Waals surface area contributed by atoms with Gasteiger partial charge in [0.05, 0.1) is 0 Å². The van der Waals surface area contributed by atoms with Gasteiger partial charge in [-0.3, -0.25) is 0 Å². The van der Waals surface area contributed by atoms with Gasteiger partial charge in [-0.05, 0) is 17.8 Å². The van der Waals surface area contributed by atoms with Crippen molar-refractivity contribution in [1.29, 1.82) is 0 Å². The minimum atomic E-state index is 0.558. The van der Waals surface area contributed by atoms with Gasteiger partial charge >= 0.3 is 0 Å². The molecule has 0 saturated carbocycles. The summed E-state index contributed by atoms with van der Waals surface area (Å²) in [6.07, 6.45) is 14.2. The lowest BCUT2D eigenvalue weighted by molar-refractivity contribution is 0.239. The highest BCUT2D eigenvalue weighted by molar-refractivity contribution is 4.71. The summed E-state index contributed by atoms with van der Waals surface area (Å²) in [5, 5.41) is 0. The second-order valence-corrected chi connectivity index (χ2v) is 6.55. The Hall–Kier alpha value is 0. The fourth-order valence-corrected chi connectivity index (χ4v) is 2.59. The molecule has 1 atom stereocenters. The van der Waals surface area contributed by atoms with Crippen LogP contribution in [0.2, 0.25) is 0 Å². The van der Waals surface area contributed by atoms with E-state index in [2.05, 4.69) is 34.6 Å². The lowest BCUT2D eigenvalue weighted by atomic mass is 9.78. The second kappa shape index (κ2) is 9.97. The predicted octanol–water partition coefficient (Wildman–Crippen LogP) is 6.59. The summed E-state index contributed by atoms with van der Waals surface area (Å²) in [5.74, 6) is 0.969. The summed E-state index contributed by atoms with van der Waals surface area (Å²) in [6.45, 7) is 11.8. The fourth-order valence-electron chi connectivity index (χ4n) is 2.59. The van der Waals surface area contributed by atoms with Crippen molar-refractivity contribution >= 4 is 0 Å². The third kappa shape index (κ3) is 9.68. The van der Waals surface area contributed by atoms with Crippen LogP contribution in [-0.2, 0) is 0 Å². The monoisotopic (exact) mass is 240 g/mol. The van der Waals surface area contributed by atoms with Crippen LogP contribution in [0.15, 0.2) is 0 Å². The maximum atomic E-state index is 2.43. The number of rotatable bonds is 11. The maximum absolute atomic E-state index is 2.43. The first-order valence-corrected chi connectivity index (χ1v) is 8.05. The molecule has 0 aliphatic heterocycles. The van der Waals surface area contributed by atoms with E-state index in [1.54, 1.807) is 0 Å². The third-order valence-electron chi connectivity index (χ3n) is 4.34. The molecular weight excluding hydrogens is 204 g/mol. The number of hydrogen-bond acceptors (Lipinski definition) is 0. The van der Waals surface area contributed by atoms with Crippen LogP contribution in [0.1, 0.15) is 98.8 Å². The van der Waals surface area contributed by atoms with Crippen LogP contribution in [0.4, 0.5) is 0 Å². The molecule has 104 valence electrons. The zero-order valence-corrected chi connectivity index (χ0v) is 13.1. The van der Waals surface area contributed by atoms with Gasteiger partial charge in [0.25, 0.3) is 0 Å². The summed E-state index contributed by atoms with van der Waals surface area (Å²) in [5.41, 5.74) is 0.558. The minimum absolute atomic E-state index is 0.558. The highest BCUT2D eigenvalue weighted by Crippen LogP contribution is 2.32. The normalized spacial score (nSPS) is 13.9. The van der Waals surface area contributed by atoms with E-state index in [-0.39, 0.29) is 0 Å². The maximum Gasteiger partial charge on any atom is -0.0354 e. The summed E-state index contributed by atoms with van der Waals surface area (Å²) in [7, 11) is 0. The van der Waals surface area contributed by atoms with Gasteiger partial charge in [-0.2, -0.15) is 0 Å². The Bertz CT molecular complexity index is 157. The van der Waals surface area contributed by atoms with Gasteiger partial charge in [0, 0.05) is 0 Å². The lowest BCUT2D eigenvalue weighted by Crippen LogP contribution is -2.15. The number of hydrogen-bond donors (Lipinski definition) is 0. The third-order valence-corrected chi connectivity index (χ3v) is 4.34. The fraction of sp³-hybridized carbons (Fsp3) is 1.00. The molecule has 0 aromatic carbocycles. The average molecular weight is 240 g/mol. The molecule has 0 fully saturated rings. The Labute approximate surface area is 111 Å². The van der Waals surface area contributed by atoms with Gasteiger partial charge in [-0.25, -0.2) is 0 Å². The molecule has 0 amide bonds. The molecule has 0 spiro atoms. The van der Waals surface area contributed by atoms with E-state index in [4.69, 9.17) is 0 Å². The SMILES string of the molecule is CCCCCCCCC(CC)CC(C)(C)CC. The molecule has 17 heavy (non-hydrogen) atoms. The highest BCUT2D eigenvalue weighted by atomic mass is 14.3. The summed E-state index contributed by atoms with van der Waals surface area (Å²) >= 11 is 0. The Morgan fingerprint density at radius 2 is 1.41 bits per heavy atom. The quantitative estimate of drug-likeness (QED) is 0.357. The Morgan fingerprint density at radius 3 is 1.94 bits per heavy atom. The van der Waals surface area contributed by atoms with E-state index in [1.165, 1.54) is 64.2 Å². The zero-order valence-electron chi connectivity index (χ0n) is 13.1. The highest BCUT2D eigenvalue weighted by Gasteiger charge is 2.20. The summed E-state index contributed by atoms with van der Waals surface area (Å²) < 4.78 is 0. The van der Waals surface area contributed by atoms with Gasteiger partial charge in [0.15, 0.2) is 0 Å². The smallest absolute Gasteiger partial charge is 0.0354 e. The Morgan fingerprint density at radius 1 is 0.824 bits per heavy atom. The zero-order chi connectivity index (χ0) is 13.1. The molecule has 0 saturated heterocycles. The van der Waals surface area contributed by atoms with E-state index in [9.17, 15) is 0 Å². The van der Waals surface area contributed by atoms with Gasteiger partial charge in [0.1, 0.15) is 0 Å². The number of unbranched alkanes of at least 4 members (excludes halogenated alkanes) is 5. The van der Waals surface area contributed by atoms with Crippen LogP contribution in [0.5, 0.6) is 0 Å². The van der Waals surface area contributed by atoms with E-state index in [0.717, 1.165) is 5.92 Å².